The van der Waals surface area contributed by atoms with Gasteiger partial charge in [0.15, 0.2) is 0 Å². The number of amides is 2. The summed E-state index contributed by atoms with van der Waals surface area (Å²) in [6, 6.07) is 8.19. The highest BCUT2D eigenvalue weighted by atomic mass is 19.1. The zero-order valence-corrected chi connectivity index (χ0v) is 15.9. The van der Waals surface area contributed by atoms with E-state index in [1.54, 1.807) is 25.5 Å². The van der Waals surface area contributed by atoms with Crippen LogP contribution in [0.1, 0.15) is 6.42 Å². The van der Waals surface area contributed by atoms with Gasteiger partial charge in [-0.2, -0.15) is 0 Å². The Morgan fingerprint density at radius 1 is 1.14 bits per heavy atom. The summed E-state index contributed by atoms with van der Waals surface area (Å²) in [5.74, 6) is -0.0262. The molecule has 2 atom stereocenters. The molecule has 4 rings (SSSR count). The number of anilines is 1. The lowest BCUT2D eigenvalue weighted by Crippen LogP contribution is -2.52. The monoisotopic (exact) mass is 397 g/mol. The number of rotatable bonds is 3. The zero-order chi connectivity index (χ0) is 20.4. The highest BCUT2D eigenvalue weighted by Crippen LogP contribution is 2.25. The van der Waals surface area contributed by atoms with Gasteiger partial charge in [0.05, 0.1) is 12.7 Å². The Morgan fingerprint density at radius 2 is 2.00 bits per heavy atom. The van der Waals surface area contributed by atoms with Crippen LogP contribution in [0.2, 0.25) is 0 Å². The molecular formula is C21H21F2N5O. The molecule has 0 saturated carbocycles. The van der Waals surface area contributed by atoms with Gasteiger partial charge in [0.25, 0.3) is 0 Å². The number of fused-ring (bicyclic) bond motifs is 1. The van der Waals surface area contributed by atoms with Crippen LogP contribution in [-0.4, -0.2) is 53.2 Å². The first-order valence-corrected chi connectivity index (χ1v) is 9.41. The van der Waals surface area contributed by atoms with E-state index in [2.05, 4.69) is 20.6 Å². The average Bonchev–Trinajstić information content (AvgIpc) is 2.73. The molecule has 2 N–H and O–H groups in total. The van der Waals surface area contributed by atoms with E-state index >= 15 is 0 Å². The molecule has 0 unspecified atom stereocenters. The lowest BCUT2D eigenvalue weighted by molar-refractivity contribution is 0.126. The van der Waals surface area contributed by atoms with Crippen molar-refractivity contribution in [1.82, 2.24) is 20.2 Å². The normalized spacial score (nSPS) is 19.3. The molecule has 1 aliphatic rings. The number of carbonyl (C=O) groups is 1. The number of hydrogen-bond donors (Lipinski definition) is 2. The molecule has 6 nitrogen and oxygen atoms in total. The van der Waals surface area contributed by atoms with Gasteiger partial charge in [0, 0.05) is 35.9 Å². The summed E-state index contributed by atoms with van der Waals surface area (Å²) in [7, 11) is 1.72. The van der Waals surface area contributed by atoms with Crippen LogP contribution in [0.15, 0.2) is 48.9 Å². The molecule has 0 radical (unpaired) electrons. The maximum Gasteiger partial charge on any atom is 0.323 e. The number of nitrogens with zero attached hydrogens (tertiary/aromatic N) is 3. The topological polar surface area (TPSA) is 70.2 Å². The molecule has 0 bridgehead atoms. The van der Waals surface area contributed by atoms with Crippen molar-refractivity contribution in [2.75, 3.05) is 25.5 Å². The number of pyridine rings is 2. The van der Waals surface area contributed by atoms with Gasteiger partial charge < -0.3 is 10.2 Å². The number of piperidine rings is 1. The molecular weight excluding hydrogens is 376 g/mol. The predicted molar refractivity (Wildman–Crippen MR) is 108 cm³/mol. The van der Waals surface area contributed by atoms with Crippen LogP contribution in [0.5, 0.6) is 0 Å². The molecule has 3 aromatic rings. The summed E-state index contributed by atoms with van der Waals surface area (Å²) >= 11 is 0. The molecule has 3 heterocycles. The summed E-state index contributed by atoms with van der Waals surface area (Å²) in [6.07, 6.45) is 3.86. The fourth-order valence-corrected chi connectivity index (χ4v) is 3.56. The molecule has 1 aromatic carbocycles. The predicted octanol–water partition coefficient (Wildman–Crippen LogP) is 3.60. The van der Waals surface area contributed by atoms with E-state index in [0.717, 1.165) is 22.5 Å². The maximum absolute atomic E-state index is 14.1. The minimum atomic E-state index is -1.11. The van der Waals surface area contributed by atoms with E-state index in [4.69, 9.17) is 0 Å². The van der Waals surface area contributed by atoms with Crippen LogP contribution < -0.4 is 10.6 Å². The molecule has 150 valence electrons. The second kappa shape index (κ2) is 8.08. The molecule has 8 heteroatoms. The van der Waals surface area contributed by atoms with E-state index in [0.29, 0.717) is 24.3 Å². The fraction of sp³-hybridized carbons (Fsp3) is 0.286. The third-order valence-corrected chi connectivity index (χ3v) is 5.19. The van der Waals surface area contributed by atoms with Crippen molar-refractivity contribution in [3.05, 3.63) is 54.7 Å². The minimum Gasteiger partial charge on any atom is -0.321 e. The zero-order valence-electron chi connectivity index (χ0n) is 15.9. The molecule has 0 aliphatic carbocycles. The summed E-state index contributed by atoms with van der Waals surface area (Å²) in [4.78, 5) is 22.1. The van der Waals surface area contributed by atoms with Crippen molar-refractivity contribution >= 4 is 22.6 Å². The third-order valence-electron chi connectivity index (χ3n) is 5.19. The van der Waals surface area contributed by atoms with Crippen molar-refractivity contribution in [3.8, 4) is 11.1 Å². The van der Waals surface area contributed by atoms with Gasteiger partial charge in [0.2, 0.25) is 0 Å². The number of likely N-dealkylation sites (tertiary alicyclic amines) is 1. The van der Waals surface area contributed by atoms with E-state index < -0.39 is 12.0 Å². The van der Waals surface area contributed by atoms with E-state index in [1.165, 1.54) is 11.0 Å². The molecule has 29 heavy (non-hydrogen) atoms. The average molecular weight is 397 g/mol. The first-order chi connectivity index (χ1) is 14.0. The Labute approximate surface area is 167 Å². The van der Waals surface area contributed by atoms with E-state index in [1.807, 2.05) is 18.2 Å². The van der Waals surface area contributed by atoms with Crippen LogP contribution in [0.4, 0.5) is 19.4 Å². The number of hydrogen-bond acceptors (Lipinski definition) is 4. The number of nitrogens with one attached hydrogen (secondary N) is 2. The molecule has 1 fully saturated rings. The number of alkyl halides is 1. The summed E-state index contributed by atoms with van der Waals surface area (Å²) in [6.45, 7) is 0.518. The van der Waals surface area contributed by atoms with Crippen LogP contribution >= 0.6 is 0 Å². The Balaban J connectivity index is 1.53. The number of carbonyl (C=O) groups excluding carboxylic acids is 1. The van der Waals surface area contributed by atoms with Crippen molar-refractivity contribution < 1.29 is 13.6 Å². The largest absolute Gasteiger partial charge is 0.323 e. The van der Waals surface area contributed by atoms with Crippen LogP contribution in [-0.2, 0) is 0 Å². The molecule has 0 spiro atoms. The quantitative estimate of drug-likeness (QED) is 0.709. The SMILES string of the molecule is CN[C@H]1CCN(C(=O)Nc2cc3cc(-c4cncc(F)c4)ccc3cn2)C[C@@H]1F. The first kappa shape index (κ1) is 19.2. The van der Waals surface area contributed by atoms with E-state index in [-0.39, 0.29) is 18.6 Å². The molecule has 1 aliphatic heterocycles. The van der Waals surface area contributed by atoms with Gasteiger partial charge in [0.1, 0.15) is 17.8 Å². The minimum absolute atomic E-state index is 0.0433. The third kappa shape index (κ3) is 4.17. The Kier molecular flexibility index (Phi) is 5.35. The fourth-order valence-electron chi connectivity index (χ4n) is 3.56. The van der Waals surface area contributed by atoms with Crippen LogP contribution in [0.25, 0.3) is 21.9 Å². The Hall–Kier alpha value is -3.13. The molecule has 2 amide bonds. The number of halogens is 2. The Morgan fingerprint density at radius 3 is 2.76 bits per heavy atom. The van der Waals surface area contributed by atoms with Gasteiger partial charge in [-0.25, -0.2) is 18.6 Å². The lowest BCUT2D eigenvalue weighted by Gasteiger charge is -2.34. The van der Waals surface area contributed by atoms with Gasteiger partial charge in [-0.3, -0.25) is 10.3 Å². The van der Waals surface area contributed by atoms with Gasteiger partial charge in [-0.05, 0) is 42.6 Å². The van der Waals surface area contributed by atoms with Crippen LogP contribution in [0.3, 0.4) is 0 Å². The number of aromatic nitrogens is 2. The highest BCUT2D eigenvalue weighted by molar-refractivity contribution is 5.93. The van der Waals surface area contributed by atoms with Gasteiger partial charge >= 0.3 is 6.03 Å². The Bertz CT molecular complexity index is 1040. The second-order valence-electron chi connectivity index (χ2n) is 7.10. The smallest absolute Gasteiger partial charge is 0.321 e. The second-order valence-corrected chi connectivity index (χ2v) is 7.10. The number of urea groups is 1. The lowest BCUT2D eigenvalue weighted by atomic mass is 10.0. The maximum atomic E-state index is 14.1. The standard InChI is InChI=1S/C21H21F2N5O/c1-24-19-4-5-28(12-18(19)23)21(29)27-20-8-15-6-13(2-3-14(15)10-26-20)16-7-17(22)11-25-9-16/h2-3,6-11,18-19,24H,4-5,12H2,1H3,(H,26,27,29)/t18-,19-/m0/s1. The molecule has 1 saturated heterocycles. The van der Waals surface area contributed by atoms with Gasteiger partial charge in [-0.1, -0.05) is 12.1 Å². The van der Waals surface area contributed by atoms with Crippen molar-refractivity contribution in [2.45, 2.75) is 18.6 Å². The van der Waals surface area contributed by atoms with Crippen LogP contribution in [0, 0.1) is 5.82 Å². The van der Waals surface area contributed by atoms with Crippen molar-refractivity contribution in [2.24, 2.45) is 0 Å². The summed E-state index contributed by atoms with van der Waals surface area (Å²) in [5, 5.41) is 7.40. The molecule has 2 aromatic heterocycles. The van der Waals surface area contributed by atoms with Crippen molar-refractivity contribution in [1.29, 1.82) is 0 Å². The van der Waals surface area contributed by atoms with E-state index in [9.17, 15) is 13.6 Å². The number of benzene rings is 1. The first-order valence-electron chi connectivity index (χ1n) is 9.41. The summed E-state index contributed by atoms with van der Waals surface area (Å²) < 4.78 is 27.6. The highest BCUT2D eigenvalue weighted by Gasteiger charge is 2.30. The summed E-state index contributed by atoms with van der Waals surface area (Å²) in [5.41, 5.74) is 1.47. The van der Waals surface area contributed by atoms with Gasteiger partial charge in [-0.15, -0.1) is 0 Å². The van der Waals surface area contributed by atoms with Crippen molar-refractivity contribution in [3.63, 3.8) is 0 Å².